The van der Waals surface area contributed by atoms with Crippen LogP contribution in [-0.2, 0) is 4.74 Å². The number of aliphatic hydroxyl groups is 1. The van der Waals surface area contributed by atoms with Crippen LogP contribution in [0.4, 0.5) is 5.82 Å². The number of hydrogen-bond acceptors (Lipinski definition) is 5. The number of nitrogens with zero attached hydrogens (tertiary/aromatic N) is 2. The fourth-order valence-corrected chi connectivity index (χ4v) is 2.53. The zero-order valence-electron chi connectivity index (χ0n) is 12.6. The van der Waals surface area contributed by atoms with E-state index in [-0.39, 0.29) is 24.7 Å². The number of aliphatic hydroxyl groups excluding tert-OH is 1. The Bertz CT molecular complexity index is 464. The molecule has 6 heteroatoms. The molecule has 0 radical (unpaired) electrons. The predicted octanol–water partition coefficient (Wildman–Crippen LogP) is 0.807. The van der Waals surface area contributed by atoms with Gasteiger partial charge in [-0.05, 0) is 25.0 Å². The SMILES string of the molecule is CCCNC(=O)c1ccc(N2C[C@@H](OC)C[C@H]2CO)nc1. The Morgan fingerprint density at radius 3 is 2.95 bits per heavy atom. The number of pyridine rings is 1. The minimum absolute atomic E-state index is 0.0159. The zero-order chi connectivity index (χ0) is 15.2. The van der Waals surface area contributed by atoms with Crippen LogP contribution in [0.2, 0.25) is 0 Å². The van der Waals surface area contributed by atoms with Gasteiger partial charge in [-0.3, -0.25) is 4.79 Å². The summed E-state index contributed by atoms with van der Waals surface area (Å²) < 4.78 is 5.36. The highest BCUT2D eigenvalue weighted by atomic mass is 16.5. The van der Waals surface area contributed by atoms with Crippen molar-refractivity contribution >= 4 is 11.7 Å². The Labute approximate surface area is 125 Å². The van der Waals surface area contributed by atoms with Crippen molar-refractivity contribution in [1.82, 2.24) is 10.3 Å². The van der Waals surface area contributed by atoms with E-state index in [1.807, 2.05) is 17.9 Å². The minimum Gasteiger partial charge on any atom is -0.394 e. The maximum absolute atomic E-state index is 11.8. The largest absolute Gasteiger partial charge is 0.394 e. The lowest BCUT2D eigenvalue weighted by Crippen LogP contribution is -2.33. The molecule has 6 nitrogen and oxygen atoms in total. The first kappa shape index (κ1) is 15.7. The molecule has 0 saturated carbocycles. The number of carbonyl (C=O) groups is 1. The van der Waals surface area contributed by atoms with Gasteiger partial charge >= 0.3 is 0 Å². The Balaban J connectivity index is 2.06. The van der Waals surface area contributed by atoms with Crippen LogP contribution in [0.15, 0.2) is 18.3 Å². The van der Waals surface area contributed by atoms with Crippen molar-refractivity contribution in [3.05, 3.63) is 23.9 Å². The molecule has 1 aromatic heterocycles. The number of nitrogens with one attached hydrogen (secondary N) is 1. The van der Waals surface area contributed by atoms with Gasteiger partial charge in [0.25, 0.3) is 5.91 Å². The fraction of sp³-hybridized carbons (Fsp3) is 0.600. The van der Waals surface area contributed by atoms with E-state index in [1.54, 1.807) is 19.4 Å². The molecule has 1 aliphatic heterocycles. The number of carbonyl (C=O) groups excluding carboxylic acids is 1. The van der Waals surface area contributed by atoms with Crippen LogP contribution in [0.25, 0.3) is 0 Å². The second kappa shape index (κ2) is 7.38. The molecule has 1 aliphatic rings. The molecule has 0 bridgehead atoms. The summed E-state index contributed by atoms with van der Waals surface area (Å²) in [6.07, 6.45) is 3.38. The van der Waals surface area contributed by atoms with Crippen molar-refractivity contribution in [2.24, 2.45) is 0 Å². The molecule has 2 rings (SSSR count). The van der Waals surface area contributed by atoms with Gasteiger partial charge in [-0.1, -0.05) is 6.92 Å². The van der Waals surface area contributed by atoms with Crippen molar-refractivity contribution in [1.29, 1.82) is 0 Å². The van der Waals surface area contributed by atoms with Crippen molar-refractivity contribution in [2.45, 2.75) is 31.9 Å². The van der Waals surface area contributed by atoms with E-state index in [0.29, 0.717) is 18.7 Å². The zero-order valence-corrected chi connectivity index (χ0v) is 12.6. The molecule has 2 atom stereocenters. The average Bonchev–Trinajstić information content (AvgIpc) is 2.96. The molecule has 0 aliphatic carbocycles. The van der Waals surface area contributed by atoms with Gasteiger partial charge in [-0.25, -0.2) is 4.98 Å². The van der Waals surface area contributed by atoms with Crippen LogP contribution in [0, 0.1) is 0 Å². The molecule has 2 heterocycles. The van der Waals surface area contributed by atoms with Gasteiger partial charge < -0.3 is 20.1 Å². The Morgan fingerprint density at radius 2 is 2.38 bits per heavy atom. The summed E-state index contributed by atoms with van der Waals surface area (Å²) in [5.74, 6) is 0.659. The monoisotopic (exact) mass is 293 g/mol. The Kier molecular flexibility index (Phi) is 5.52. The van der Waals surface area contributed by atoms with Crippen molar-refractivity contribution in [2.75, 3.05) is 31.7 Å². The van der Waals surface area contributed by atoms with E-state index in [4.69, 9.17) is 4.74 Å². The van der Waals surface area contributed by atoms with E-state index in [2.05, 4.69) is 10.3 Å². The number of rotatable bonds is 6. The number of methoxy groups -OCH3 is 1. The molecule has 1 amide bonds. The normalized spacial score (nSPS) is 21.6. The van der Waals surface area contributed by atoms with Crippen LogP contribution >= 0.6 is 0 Å². The molecule has 0 spiro atoms. The molecule has 1 saturated heterocycles. The summed E-state index contributed by atoms with van der Waals surface area (Å²) in [4.78, 5) is 18.2. The summed E-state index contributed by atoms with van der Waals surface area (Å²) in [7, 11) is 1.68. The summed E-state index contributed by atoms with van der Waals surface area (Å²) in [6.45, 7) is 3.45. The van der Waals surface area contributed by atoms with Gasteiger partial charge in [0.05, 0.1) is 24.3 Å². The molecule has 2 N–H and O–H groups in total. The summed E-state index contributed by atoms with van der Waals surface area (Å²) in [5, 5.41) is 12.3. The minimum atomic E-state index is -0.106. The lowest BCUT2D eigenvalue weighted by molar-refractivity contribution is 0.0953. The molecule has 0 unspecified atom stereocenters. The number of hydrogen-bond donors (Lipinski definition) is 2. The first-order chi connectivity index (χ1) is 10.2. The van der Waals surface area contributed by atoms with Crippen molar-refractivity contribution < 1.29 is 14.6 Å². The highest BCUT2D eigenvalue weighted by Gasteiger charge is 2.32. The van der Waals surface area contributed by atoms with Crippen molar-refractivity contribution in [3.8, 4) is 0 Å². The lowest BCUT2D eigenvalue weighted by Gasteiger charge is -2.23. The Morgan fingerprint density at radius 1 is 1.57 bits per heavy atom. The average molecular weight is 293 g/mol. The van der Waals surface area contributed by atoms with Crippen LogP contribution < -0.4 is 10.2 Å². The molecular formula is C15H23N3O3. The number of aromatic nitrogens is 1. The van der Waals surface area contributed by atoms with Crippen LogP contribution in [0.1, 0.15) is 30.1 Å². The number of amides is 1. The third-order valence-corrected chi connectivity index (χ3v) is 3.76. The van der Waals surface area contributed by atoms with E-state index >= 15 is 0 Å². The van der Waals surface area contributed by atoms with E-state index in [0.717, 1.165) is 18.7 Å². The topological polar surface area (TPSA) is 74.7 Å². The Hall–Kier alpha value is -1.66. The smallest absolute Gasteiger partial charge is 0.252 e. The summed E-state index contributed by atoms with van der Waals surface area (Å²) >= 11 is 0. The quantitative estimate of drug-likeness (QED) is 0.812. The molecule has 116 valence electrons. The maximum atomic E-state index is 11.8. The van der Waals surface area contributed by atoms with E-state index in [9.17, 15) is 9.90 Å². The second-order valence-corrected chi connectivity index (χ2v) is 5.24. The lowest BCUT2D eigenvalue weighted by atomic mass is 10.2. The van der Waals surface area contributed by atoms with Crippen LogP contribution in [0.5, 0.6) is 0 Å². The third-order valence-electron chi connectivity index (χ3n) is 3.76. The maximum Gasteiger partial charge on any atom is 0.252 e. The molecule has 21 heavy (non-hydrogen) atoms. The van der Waals surface area contributed by atoms with Crippen LogP contribution in [-0.4, -0.2) is 54.9 Å². The standard InChI is InChI=1S/C15H23N3O3/c1-3-6-16-15(20)11-4-5-14(17-8-11)18-9-13(21-2)7-12(18)10-19/h4-5,8,12-13,19H,3,6-7,9-10H2,1-2H3,(H,16,20)/t12-,13-/m0/s1. The highest BCUT2D eigenvalue weighted by molar-refractivity contribution is 5.94. The molecule has 1 aromatic rings. The molecule has 0 aromatic carbocycles. The first-order valence-corrected chi connectivity index (χ1v) is 7.34. The summed E-state index contributed by atoms with van der Waals surface area (Å²) in [5.41, 5.74) is 0.551. The van der Waals surface area contributed by atoms with Gasteiger partial charge in [0.1, 0.15) is 5.82 Å². The van der Waals surface area contributed by atoms with E-state index < -0.39 is 0 Å². The number of ether oxygens (including phenoxy) is 1. The predicted molar refractivity (Wildman–Crippen MR) is 80.5 cm³/mol. The van der Waals surface area contributed by atoms with Gasteiger partial charge in [-0.2, -0.15) is 0 Å². The number of anilines is 1. The molecule has 1 fully saturated rings. The third kappa shape index (κ3) is 3.71. The first-order valence-electron chi connectivity index (χ1n) is 7.34. The molecular weight excluding hydrogens is 270 g/mol. The highest BCUT2D eigenvalue weighted by Crippen LogP contribution is 2.25. The van der Waals surface area contributed by atoms with E-state index in [1.165, 1.54) is 0 Å². The van der Waals surface area contributed by atoms with Gasteiger partial charge in [0.2, 0.25) is 0 Å². The second-order valence-electron chi connectivity index (χ2n) is 5.24. The van der Waals surface area contributed by atoms with Crippen molar-refractivity contribution in [3.63, 3.8) is 0 Å². The van der Waals surface area contributed by atoms with Gasteiger partial charge in [-0.15, -0.1) is 0 Å². The van der Waals surface area contributed by atoms with Gasteiger partial charge in [0.15, 0.2) is 0 Å². The van der Waals surface area contributed by atoms with Crippen LogP contribution in [0.3, 0.4) is 0 Å². The fourth-order valence-electron chi connectivity index (χ4n) is 2.53. The van der Waals surface area contributed by atoms with Gasteiger partial charge in [0, 0.05) is 26.4 Å². The summed E-state index contributed by atoms with van der Waals surface area (Å²) in [6, 6.07) is 3.60.